The first-order valence-corrected chi connectivity index (χ1v) is 7.39. The molecule has 1 aliphatic heterocycles. The lowest BCUT2D eigenvalue weighted by molar-refractivity contribution is 0.949. The van der Waals surface area contributed by atoms with Gasteiger partial charge in [-0.15, -0.1) is 0 Å². The molecule has 3 nitrogen and oxygen atoms in total. The highest BCUT2D eigenvalue weighted by Gasteiger charge is 2.11. The topological polar surface area (TPSA) is 28.2 Å². The van der Waals surface area contributed by atoms with E-state index in [1.165, 1.54) is 37.2 Å². The number of pyridine rings is 1. The molecule has 0 bridgehead atoms. The Labute approximate surface area is 124 Å². The lowest BCUT2D eigenvalue weighted by Crippen LogP contribution is -2.17. The lowest BCUT2D eigenvalue weighted by atomic mass is 10.2. The van der Waals surface area contributed by atoms with Gasteiger partial charge < -0.3 is 10.2 Å². The normalized spacial score (nSPS) is 14.6. The zero-order valence-corrected chi connectivity index (χ0v) is 12.1. The van der Waals surface area contributed by atoms with E-state index < -0.39 is 0 Å². The van der Waals surface area contributed by atoms with Crippen molar-refractivity contribution in [2.75, 3.05) is 23.3 Å². The van der Waals surface area contributed by atoms with Crippen LogP contribution in [-0.4, -0.2) is 18.1 Å². The zero-order chi connectivity index (χ0) is 13.8. The molecule has 3 rings (SSSR count). The molecule has 104 valence electrons. The van der Waals surface area contributed by atoms with Crippen molar-refractivity contribution < 1.29 is 0 Å². The van der Waals surface area contributed by atoms with Crippen molar-refractivity contribution in [1.82, 2.24) is 4.98 Å². The van der Waals surface area contributed by atoms with Crippen molar-refractivity contribution in [2.45, 2.75) is 19.4 Å². The molecule has 0 spiro atoms. The minimum absolute atomic E-state index is 0.515. The molecule has 0 aliphatic carbocycles. The first kappa shape index (κ1) is 13.3. The predicted molar refractivity (Wildman–Crippen MR) is 84.5 cm³/mol. The van der Waals surface area contributed by atoms with Crippen LogP contribution in [0.4, 0.5) is 11.4 Å². The Hall–Kier alpha value is -1.74. The molecular formula is C16H18ClN3. The van der Waals surface area contributed by atoms with Crippen LogP contribution in [0.15, 0.2) is 42.6 Å². The molecule has 0 amide bonds. The molecule has 20 heavy (non-hydrogen) atoms. The minimum Gasteiger partial charge on any atom is -0.378 e. The molecule has 0 atom stereocenters. The Morgan fingerprint density at radius 2 is 1.85 bits per heavy atom. The number of anilines is 2. The summed E-state index contributed by atoms with van der Waals surface area (Å²) in [4.78, 5) is 6.49. The summed E-state index contributed by atoms with van der Waals surface area (Å²) in [5.41, 5.74) is 3.44. The molecule has 0 radical (unpaired) electrons. The second-order valence-electron chi connectivity index (χ2n) is 5.06. The molecule has 2 heterocycles. The van der Waals surface area contributed by atoms with E-state index in [9.17, 15) is 0 Å². The molecular weight excluding hydrogens is 270 g/mol. The SMILES string of the molecule is Clc1ncccc1NCc1ccc(N2CCCC2)cc1. The van der Waals surface area contributed by atoms with Crippen LogP contribution < -0.4 is 10.2 Å². The van der Waals surface area contributed by atoms with E-state index >= 15 is 0 Å². The predicted octanol–water partition coefficient (Wildman–Crippen LogP) is 3.95. The largest absolute Gasteiger partial charge is 0.378 e. The Morgan fingerprint density at radius 3 is 2.55 bits per heavy atom. The fraction of sp³-hybridized carbons (Fsp3) is 0.312. The van der Waals surface area contributed by atoms with Gasteiger partial charge in [0.05, 0.1) is 5.69 Å². The quantitative estimate of drug-likeness (QED) is 0.863. The number of rotatable bonds is 4. The number of benzene rings is 1. The number of nitrogens with one attached hydrogen (secondary N) is 1. The average molecular weight is 288 g/mol. The number of halogens is 1. The molecule has 0 saturated carbocycles. The number of nitrogens with zero attached hydrogens (tertiary/aromatic N) is 2. The van der Waals surface area contributed by atoms with Gasteiger partial charge in [0.25, 0.3) is 0 Å². The van der Waals surface area contributed by atoms with Gasteiger partial charge in [0.2, 0.25) is 0 Å². The van der Waals surface area contributed by atoms with Gasteiger partial charge in [0, 0.05) is 31.5 Å². The van der Waals surface area contributed by atoms with Gasteiger partial charge in [-0.2, -0.15) is 0 Å². The fourth-order valence-corrected chi connectivity index (χ4v) is 2.70. The number of hydrogen-bond donors (Lipinski definition) is 1. The van der Waals surface area contributed by atoms with E-state index in [1.807, 2.05) is 12.1 Å². The Morgan fingerprint density at radius 1 is 1.10 bits per heavy atom. The van der Waals surface area contributed by atoms with Gasteiger partial charge in [-0.1, -0.05) is 23.7 Å². The van der Waals surface area contributed by atoms with Crippen molar-refractivity contribution in [1.29, 1.82) is 0 Å². The average Bonchev–Trinajstić information content (AvgIpc) is 3.01. The molecule has 1 aromatic carbocycles. The molecule has 1 fully saturated rings. The standard InChI is InChI=1S/C16H18ClN3/c17-16-15(4-3-9-18-16)19-12-13-5-7-14(8-6-13)20-10-1-2-11-20/h3-9,19H,1-2,10-12H2. The molecule has 2 aromatic rings. The van der Waals surface area contributed by atoms with Gasteiger partial charge in [-0.3, -0.25) is 0 Å². The molecule has 4 heteroatoms. The van der Waals surface area contributed by atoms with Crippen molar-refractivity contribution in [3.05, 3.63) is 53.3 Å². The van der Waals surface area contributed by atoms with Crippen molar-refractivity contribution >= 4 is 23.0 Å². The summed E-state index contributed by atoms with van der Waals surface area (Å²) in [6.07, 6.45) is 4.31. The number of hydrogen-bond acceptors (Lipinski definition) is 3. The number of aromatic nitrogens is 1. The van der Waals surface area contributed by atoms with Gasteiger partial charge in [0.15, 0.2) is 5.15 Å². The summed E-state index contributed by atoms with van der Waals surface area (Å²) < 4.78 is 0. The van der Waals surface area contributed by atoms with Crippen LogP contribution in [0.5, 0.6) is 0 Å². The first-order chi connectivity index (χ1) is 9.83. The molecule has 1 aliphatic rings. The Bertz CT molecular complexity index is 562. The summed E-state index contributed by atoms with van der Waals surface area (Å²) in [6.45, 7) is 3.12. The van der Waals surface area contributed by atoms with E-state index in [0.29, 0.717) is 5.15 Å². The maximum atomic E-state index is 6.02. The van der Waals surface area contributed by atoms with Crippen molar-refractivity contribution in [3.63, 3.8) is 0 Å². The molecule has 0 unspecified atom stereocenters. The van der Waals surface area contributed by atoms with Gasteiger partial charge in [-0.05, 0) is 42.7 Å². The van der Waals surface area contributed by atoms with Crippen LogP contribution in [0.2, 0.25) is 5.15 Å². The molecule has 1 saturated heterocycles. The van der Waals surface area contributed by atoms with E-state index in [-0.39, 0.29) is 0 Å². The van der Waals surface area contributed by atoms with Gasteiger partial charge in [0.1, 0.15) is 0 Å². The van der Waals surface area contributed by atoms with E-state index in [0.717, 1.165) is 12.2 Å². The Kier molecular flexibility index (Phi) is 4.07. The van der Waals surface area contributed by atoms with Crippen LogP contribution in [0.25, 0.3) is 0 Å². The molecule has 1 aromatic heterocycles. The zero-order valence-electron chi connectivity index (χ0n) is 11.3. The Balaban J connectivity index is 1.62. The summed E-state index contributed by atoms with van der Waals surface area (Å²) in [5, 5.41) is 3.83. The van der Waals surface area contributed by atoms with E-state index in [4.69, 9.17) is 11.6 Å². The maximum absolute atomic E-state index is 6.02. The third-order valence-corrected chi connectivity index (χ3v) is 3.95. The minimum atomic E-state index is 0.515. The van der Waals surface area contributed by atoms with Gasteiger partial charge in [-0.25, -0.2) is 4.98 Å². The van der Waals surface area contributed by atoms with Crippen molar-refractivity contribution in [2.24, 2.45) is 0 Å². The van der Waals surface area contributed by atoms with Crippen LogP contribution in [-0.2, 0) is 6.54 Å². The molecule has 1 N–H and O–H groups in total. The lowest BCUT2D eigenvalue weighted by Gasteiger charge is -2.17. The second-order valence-corrected chi connectivity index (χ2v) is 5.41. The summed E-state index contributed by atoms with van der Waals surface area (Å²) in [7, 11) is 0. The first-order valence-electron chi connectivity index (χ1n) is 7.01. The van der Waals surface area contributed by atoms with Crippen LogP contribution >= 0.6 is 11.6 Å². The van der Waals surface area contributed by atoms with Crippen LogP contribution in [0, 0.1) is 0 Å². The highest BCUT2D eigenvalue weighted by Crippen LogP contribution is 2.22. The summed E-state index contributed by atoms with van der Waals surface area (Å²) >= 11 is 6.02. The fourth-order valence-electron chi connectivity index (χ4n) is 2.52. The third-order valence-electron chi connectivity index (χ3n) is 3.65. The van der Waals surface area contributed by atoms with Gasteiger partial charge >= 0.3 is 0 Å². The monoisotopic (exact) mass is 287 g/mol. The van der Waals surface area contributed by atoms with Crippen molar-refractivity contribution in [3.8, 4) is 0 Å². The highest BCUT2D eigenvalue weighted by atomic mass is 35.5. The third kappa shape index (κ3) is 3.05. The van der Waals surface area contributed by atoms with Crippen LogP contribution in [0.1, 0.15) is 18.4 Å². The van der Waals surface area contributed by atoms with E-state index in [2.05, 4.69) is 39.5 Å². The maximum Gasteiger partial charge on any atom is 0.152 e. The van der Waals surface area contributed by atoms with Crippen LogP contribution in [0.3, 0.4) is 0 Å². The second kappa shape index (κ2) is 6.14. The highest BCUT2D eigenvalue weighted by molar-refractivity contribution is 6.31. The van der Waals surface area contributed by atoms with E-state index in [1.54, 1.807) is 6.20 Å². The smallest absolute Gasteiger partial charge is 0.152 e. The summed E-state index contributed by atoms with van der Waals surface area (Å²) in [6, 6.07) is 12.6. The summed E-state index contributed by atoms with van der Waals surface area (Å²) in [5.74, 6) is 0.